The first-order valence-electron chi connectivity index (χ1n) is 9.06. The molecule has 3 aromatic rings. The molecule has 0 radical (unpaired) electrons. The summed E-state index contributed by atoms with van der Waals surface area (Å²) in [4.78, 5) is 6.99. The Labute approximate surface area is 148 Å². The van der Waals surface area contributed by atoms with Gasteiger partial charge in [0.25, 0.3) is 0 Å². The number of likely N-dealkylation sites (tertiary alicyclic amines) is 1. The van der Waals surface area contributed by atoms with Gasteiger partial charge in [-0.1, -0.05) is 24.3 Å². The van der Waals surface area contributed by atoms with Gasteiger partial charge in [0.15, 0.2) is 5.65 Å². The third kappa shape index (κ3) is 3.89. The summed E-state index contributed by atoms with van der Waals surface area (Å²) in [6.45, 7) is 6.43. The molecule has 5 nitrogen and oxygen atoms in total. The van der Waals surface area contributed by atoms with Crippen LogP contribution in [0.1, 0.15) is 29.5 Å². The highest BCUT2D eigenvalue weighted by atomic mass is 15.2. The minimum absolute atomic E-state index is 0.585. The smallest absolute Gasteiger partial charge is 0.154 e. The Hall–Kier alpha value is -2.24. The van der Waals surface area contributed by atoms with Gasteiger partial charge in [0.1, 0.15) is 0 Å². The van der Waals surface area contributed by atoms with Crippen molar-refractivity contribution in [2.45, 2.75) is 38.9 Å². The zero-order valence-electron chi connectivity index (χ0n) is 14.7. The number of nitrogens with one attached hydrogen (secondary N) is 1. The molecule has 1 aliphatic rings. The van der Waals surface area contributed by atoms with Gasteiger partial charge in [-0.15, -0.1) is 0 Å². The topological polar surface area (TPSA) is 45.5 Å². The van der Waals surface area contributed by atoms with Gasteiger partial charge in [0.05, 0.1) is 6.20 Å². The average molecular weight is 335 g/mol. The van der Waals surface area contributed by atoms with Crippen LogP contribution in [0.2, 0.25) is 0 Å². The minimum Gasteiger partial charge on any atom is -0.310 e. The first-order chi connectivity index (χ1) is 12.3. The summed E-state index contributed by atoms with van der Waals surface area (Å²) in [5, 5.41) is 7.93. The lowest BCUT2D eigenvalue weighted by Crippen LogP contribution is -2.42. The number of nitrogens with zero attached hydrogens (tertiary/aromatic N) is 4. The van der Waals surface area contributed by atoms with Crippen molar-refractivity contribution in [3.63, 3.8) is 0 Å². The normalized spacial score (nSPS) is 16.5. The van der Waals surface area contributed by atoms with E-state index in [2.05, 4.69) is 57.7 Å². The van der Waals surface area contributed by atoms with E-state index in [9.17, 15) is 0 Å². The second-order valence-electron chi connectivity index (χ2n) is 6.95. The van der Waals surface area contributed by atoms with Gasteiger partial charge < -0.3 is 5.32 Å². The van der Waals surface area contributed by atoms with Crippen molar-refractivity contribution in [3.05, 3.63) is 65.6 Å². The van der Waals surface area contributed by atoms with Crippen LogP contribution in [0, 0.1) is 6.92 Å². The van der Waals surface area contributed by atoms with E-state index in [1.807, 2.05) is 16.8 Å². The van der Waals surface area contributed by atoms with Gasteiger partial charge in [0, 0.05) is 43.2 Å². The van der Waals surface area contributed by atoms with Gasteiger partial charge in [-0.25, -0.2) is 9.50 Å². The molecule has 25 heavy (non-hydrogen) atoms. The molecule has 0 unspecified atom stereocenters. The third-order valence-electron chi connectivity index (χ3n) is 5.14. The lowest BCUT2D eigenvalue weighted by Gasteiger charge is -2.32. The largest absolute Gasteiger partial charge is 0.310 e. The fourth-order valence-corrected chi connectivity index (χ4v) is 3.53. The van der Waals surface area contributed by atoms with E-state index >= 15 is 0 Å². The molecule has 1 fully saturated rings. The number of benzene rings is 1. The van der Waals surface area contributed by atoms with Crippen LogP contribution in [0.5, 0.6) is 0 Å². The Morgan fingerprint density at radius 1 is 1.16 bits per heavy atom. The van der Waals surface area contributed by atoms with Crippen molar-refractivity contribution in [2.24, 2.45) is 0 Å². The van der Waals surface area contributed by atoms with Crippen LogP contribution < -0.4 is 5.32 Å². The standard InChI is InChI=1S/C20H25N5/c1-16-4-2-3-5-18(16)15-24-10-7-19(8-11-24)21-12-17-13-22-20-6-9-23-25(20)14-17/h2-6,9,13-14,19,21H,7-8,10-12,15H2,1H3. The lowest BCUT2D eigenvalue weighted by atomic mass is 10.0. The second kappa shape index (κ2) is 7.33. The number of hydrogen-bond donors (Lipinski definition) is 1. The summed E-state index contributed by atoms with van der Waals surface area (Å²) in [5.74, 6) is 0. The van der Waals surface area contributed by atoms with Crippen molar-refractivity contribution >= 4 is 5.65 Å². The monoisotopic (exact) mass is 335 g/mol. The molecular weight excluding hydrogens is 310 g/mol. The van der Waals surface area contributed by atoms with Gasteiger partial charge >= 0.3 is 0 Å². The third-order valence-corrected chi connectivity index (χ3v) is 5.14. The number of piperidine rings is 1. The molecule has 3 heterocycles. The van der Waals surface area contributed by atoms with E-state index in [1.165, 1.54) is 29.5 Å². The van der Waals surface area contributed by atoms with Crippen molar-refractivity contribution in [3.8, 4) is 0 Å². The number of aryl methyl sites for hydroxylation is 1. The highest BCUT2D eigenvalue weighted by Crippen LogP contribution is 2.16. The molecule has 1 saturated heterocycles. The van der Waals surface area contributed by atoms with Crippen LogP contribution in [-0.2, 0) is 13.1 Å². The number of fused-ring (bicyclic) bond motifs is 1. The Morgan fingerprint density at radius 2 is 2.00 bits per heavy atom. The average Bonchev–Trinajstić information content (AvgIpc) is 3.11. The summed E-state index contributed by atoms with van der Waals surface area (Å²) in [6, 6.07) is 11.2. The zero-order chi connectivity index (χ0) is 17.1. The molecule has 0 saturated carbocycles. The first kappa shape index (κ1) is 16.2. The van der Waals surface area contributed by atoms with E-state index in [4.69, 9.17) is 0 Å². The van der Waals surface area contributed by atoms with E-state index in [1.54, 1.807) is 6.20 Å². The molecule has 0 bridgehead atoms. The van der Waals surface area contributed by atoms with Crippen molar-refractivity contribution < 1.29 is 0 Å². The molecule has 1 aliphatic heterocycles. The molecule has 1 N–H and O–H groups in total. The summed E-state index contributed by atoms with van der Waals surface area (Å²) in [5.41, 5.74) is 4.92. The van der Waals surface area contributed by atoms with Gasteiger partial charge in [-0.05, 0) is 44.0 Å². The molecular formula is C20H25N5. The Kier molecular flexibility index (Phi) is 4.76. The van der Waals surface area contributed by atoms with Gasteiger partial charge in [-0.2, -0.15) is 5.10 Å². The molecule has 5 heteroatoms. The summed E-state index contributed by atoms with van der Waals surface area (Å²) in [6.07, 6.45) is 8.18. The maximum absolute atomic E-state index is 4.42. The molecule has 1 aromatic carbocycles. The lowest BCUT2D eigenvalue weighted by molar-refractivity contribution is 0.190. The molecule has 4 rings (SSSR count). The molecule has 130 valence electrons. The number of rotatable bonds is 5. The maximum Gasteiger partial charge on any atom is 0.154 e. The Balaban J connectivity index is 1.26. The quantitative estimate of drug-likeness (QED) is 0.779. The van der Waals surface area contributed by atoms with E-state index in [-0.39, 0.29) is 0 Å². The SMILES string of the molecule is Cc1ccccc1CN1CCC(NCc2cnc3ccnn3c2)CC1. The van der Waals surface area contributed by atoms with E-state index < -0.39 is 0 Å². The fourth-order valence-electron chi connectivity index (χ4n) is 3.53. The van der Waals surface area contributed by atoms with Gasteiger partial charge in [0.2, 0.25) is 0 Å². The second-order valence-corrected chi connectivity index (χ2v) is 6.95. The highest BCUT2D eigenvalue weighted by Gasteiger charge is 2.19. The van der Waals surface area contributed by atoms with Crippen LogP contribution >= 0.6 is 0 Å². The molecule has 0 spiro atoms. The van der Waals surface area contributed by atoms with Crippen molar-refractivity contribution in [1.29, 1.82) is 0 Å². The predicted octanol–water partition coefficient (Wildman–Crippen LogP) is 2.79. The number of aromatic nitrogens is 3. The number of hydrogen-bond acceptors (Lipinski definition) is 4. The van der Waals surface area contributed by atoms with E-state index in [0.717, 1.165) is 31.8 Å². The highest BCUT2D eigenvalue weighted by molar-refractivity contribution is 5.35. The summed E-state index contributed by atoms with van der Waals surface area (Å²) >= 11 is 0. The van der Waals surface area contributed by atoms with Gasteiger partial charge in [-0.3, -0.25) is 4.90 Å². The van der Waals surface area contributed by atoms with Crippen LogP contribution in [0.3, 0.4) is 0 Å². The maximum atomic E-state index is 4.42. The summed E-state index contributed by atoms with van der Waals surface area (Å²) in [7, 11) is 0. The van der Waals surface area contributed by atoms with E-state index in [0.29, 0.717) is 6.04 Å². The van der Waals surface area contributed by atoms with Crippen LogP contribution in [-0.4, -0.2) is 38.6 Å². The fraction of sp³-hybridized carbons (Fsp3) is 0.400. The first-order valence-corrected chi connectivity index (χ1v) is 9.06. The molecule has 0 aliphatic carbocycles. The minimum atomic E-state index is 0.585. The molecule has 0 amide bonds. The molecule has 2 aromatic heterocycles. The predicted molar refractivity (Wildman–Crippen MR) is 99.3 cm³/mol. The van der Waals surface area contributed by atoms with Crippen LogP contribution in [0.25, 0.3) is 5.65 Å². The zero-order valence-corrected chi connectivity index (χ0v) is 14.7. The Morgan fingerprint density at radius 3 is 2.84 bits per heavy atom. The summed E-state index contributed by atoms with van der Waals surface area (Å²) < 4.78 is 1.84. The Bertz CT molecular complexity index is 833. The van der Waals surface area contributed by atoms with Crippen LogP contribution in [0.15, 0.2) is 48.9 Å². The van der Waals surface area contributed by atoms with Crippen molar-refractivity contribution in [2.75, 3.05) is 13.1 Å². The van der Waals surface area contributed by atoms with Crippen molar-refractivity contribution in [1.82, 2.24) is 24.8 Å². The van der Waals surface area contributed by atoms with Crippen LogP contribution in [0.4, 0.5) is 0 Å². The molecule has 0 atom stereocenters.